The second kappa shape index (κ2) is 5.37. The van der Waals surface area contributed by atoms with Crippen LogP contribution >= 0.6 is 0 Å². The maximum absolute atomic E-state index is 11.3. The van der Waals surface area contributed by atoms with E-state index in [4.69, 9.17) is 16.3 Å². The summed E-state index contributed by atoms with van der Waals surface area (Å²) >= 11 is 0. The van der Waals surface area contributed by atoms with Gasteiger partial charge in [-0.05, 0) is 0 Å². The summed E-state index contributed by atoms with van der Waals surface area (Å²) in [4.78, 5) is 22.0. The summed E-state index contributed by atoms with van der Waals surface area (Å²) in [6.45, 7) is 0.397. The standard InChI is InChI=1S/C10H13NO4/c1-2-3-4-9(12)11-8-6-15-5-7(8)10(13)14/h1,7-8H,3-6H2,(H,11,12)(H,13,14). The third-order valence-corrected chi connectivity index (χ3v) is 2.24. The summed E-state index contributed by atoms with van der Waals surface area (Å²) < 4.78 is 5.00. The Hall–Kier alpha value is -1.54. The van der Waals surface area contributed by atoms with Crippen LogP contribution < -0.4 is 5.32 Å². The van der Waals surface area contributed by atoms with Crippen LogP contribution in [0, 0.1) is 18.3 Å². The van der Waals surface area contributed by atoms with E-state index in [1.807, 2.05) is 0 Å². The third-order valence-electron chi connectivity index (χ3n) is 2.24. The van der Waals surface area contributed by atoms with Gasteiger partial charge in [-0.15, -0.1) is 12.3 Å². The van der Waals surface area contributed by atoms with Crippen molar-refractivity contribution < 1.29 is 19.4 Å². The van der Waals surface area contributed by atoms with Crippen LogP contribution in [0.3, 0.4) is 0 Å². The Morgan fingerprint density at radius 1 is 1.53 bits per heavy atom. The van der Waals surface area contributed by atoms with E-state index in [2.05, 4.69) is 11.2 Å². The Morgan fingerprint density at radius 3 is 2.87 bits per heavy atom. The van der Waals surface area contributed by atoms with Crippen molar-refractivity contribution in [3.8, 4) is 12.3 Å². The first-order chi connectivity index (χ1) is 7.15. The molecule has 15 heavy (non-hydrogen) atoms. The van der Waals surface area contributed by atoms with Crippen LogP contribution in [0.1, 0.15) is 12.8 Å². The summed E-state index contributed by atoms with van der Waals surface area (Å²) in [6.07, 6.45) is 5.59. The van der Waals surface area contributed by atoms with Crippen molar-refractivity contribution in [2.75, 3.05) is 13.2 Å². The molecule has 1 heterocycles. The van der Waals surface area contributed by atoms with Crippen LogP contribution in [-0.4, -0.2) is 36.2 Å². The molecular weight excluding hydrogens is 198 g/mol. The first kappa shape index (κ1) is 11.5. The molecule has 0 aromatic carbocycles. The molecule has 2 atom stereocenters. The number of carboxylic acid groups (broad SMARTS) is 1. The summed E-state index contributed by atoms with van der Waals surface area (Å²) in [5.41, 5.74) is 0. The van der Waals surface area contributed by atoms with Gasteiger partial charge in [-0.2, -0.15) is 0 Å². The normalized spacial score (nSPS) is 24.5. The molecule has 1 aliphatic rings. The predicted molar refractivity (Wildman–Crippen MR) is 51.9 cm³/mol. The molecule has 0 bridgehead atoms. The lowest BCUT2D eigenvalue weighted by atomic mass is 10.0. The number of carbonyl (C=O) groups is 2. The van der Waals surface area contributed by atoms with Gasteiger partial charge in [-0.25, -0.2) is 0 Å². The maximum atomic E-state index is 11.3. The van der Waals surface area contributed by atoms with Gasteiger partial charge in [0.15, 0.2) is 0 Å². The quantitative estimate of drug-likeness (QED) is 0.621. The summed E-state index contributed by atoms with van der Waals surface area (Å²) in [5, 5.41) is 11.4. The van der Waals surface area contributed by atoms with E-state index in [1.165, 1.54) is 0 Å². The Labute approximate surface area is 87.8 Å². The number of amides is 1. The molecule has 1 amide bonds. The van der Waals surface area contributed by atoms with Crippen molar-refractivity contribution in [1.29, 1.82) is 0 Å². The lowest BCUT2D eigenvalue weighted by Gasteiger charge is -2.14. The molecule has 0 aromatic rings. The minimum atomic E-state index is -0.949. The number of carboxylic acids is 1. The van der Waals surface area contributed by atoms with Crippen molar-refractivity contribution in [3.05, 3.63) is 0 Å². The molecule has 0 spiro atoms. The van der Waals surface area contributed by atoms with Crippen molar-refractivity contribution in [2.45, 2.75) is 18.9 Å². The van der Waals surface area contributed by atoms with Crippen molar-refractivity contribution in [3.63, 3.8) is 0 Å². The largest absolute Gasteiger partial charge is 0.481 e. The highest BCUT2D eigenvalue weighted by Gasteiger charge is 2.34. The molecule has 5 nitrogen and oxygen atoms in total. The van der Waals surface area contributed by atoms with Gasteiger partial charge in [0.25, 0.3) is 0 Å². The van der Waals surface area contributed by atoms with Gasteiger partial charge in [0.05, 0.1) is 19.3 Å². The molecule has 0 radical (unpaired) electrons. The first-order valence-corrected chi connectivity index (χ1v) is 4.68. The predicted octanol–water partition coefficient (Wildman–Crippen LogP) is -0.384. The fourth-order valence-electron chi connectivity index (χ4n) is 1.40. The van der Waals surface area contributed by atoms with E-state index in [1.54, 1.807) is 0 Å². The third kappa shape index (κ3) is 3.26. The van der Waals surface area contributed by atoms with Crippen LogP contribution in [0.4, 0.5) is 0 Å². The lowest BCUT2D eigenvalue weighted by molar-refractivity contribution is -0.142. The van der Waals surface area contributed by atoms with E-state index in [0.717, 1.165) is 0 Å². The van der Waals surface area contributed by atoms with E-state index >= 15 is 0 Å². The summed E-state index contributed by atoms with van der Waals surface area (Å²) in [5.74, 6) is 0.520. The number of hydrogen-bond donors (Lipinski definition) is 2. The number of carbonyl (C=O) groups excluding carboxylic acids is 1. The molecule has 5 heteroatoms. The number of rotatable bonds is 4. The minimum absolute atomic E-state index is 0.148. The molecule has 1 saturated heterocycles. The zero-order valence-corrected chi connectivity index (χ0v) is 8.23. The van der Waals surface area contributed by atoms with Crippen LogP contribution in [0.2, 0.25) is 0 Å². The van der Waals surface area contributed by atoms with Crippen molar-refractivity contribution >= 4 is 11.9 Å². The van der Waals surface area contributed by atoms with Gasteiger partial charge >= 0.3 is 5.97 Å². The SMILES string of the molecule is C#CCCC(=O)NC1COCC1C(=O)O. The average Bonchev–Trinajstić information content (AvgIpc) is 2.62. The number of aliphatic carboxylic acids is 1. The molecule has 1 aliphatic heterocycles. The summed E-state index contributed by atoms with van der Waals surface area (Å²) in [6, 6.07) is -0.437. The van der Waals surface area contributed by atoms with Gasteiger partial charge in [-0.3, -0.25) is 9.59 Å². The van der Waals surface area contributed by atoms with Gasteiger partial charge in [0, 0.05) is 12.8 Å². The van der Waals surface area contributed by atoms with Crippen LogP contribution in [0.25, 0.3) is 0 Å². The minimum Gasteiger partial charge on any atom is -0.481 e. The molecule has 1 fully saturated rings. The molecule has 2 N–H and O–H groups in total. The summed E-state index contributed by atoms with van der Waals surface area (Å²) in [7, 11) is 0. The van der Waals surface area contributed by atoms with Gasteiger partial charge in [-0.1, -0.05) is 0 Å². The van der Waals surface area contributed by atoms with Crippen LogP contribution in [-0.2, 0) is 14.3 Å². The number of terminal acetylenes is 1. The fraction of sp³-hybridized carbons (Fsp3) is 0.600. The second-order valence-corrected chi connectivity index (χ2v) is 3.36. The molecule has 2 unspecified atom stereocenters. The molecule has 0 aliphatic carbocycles. The van der Waals surface area contributed by atoms with Crippen LogP contribution in [0.5, 0.6) is 0 Å². The zero-order valence-electron chi connectivity index (χ0n) is 8.23. The molecular formula is C10H13NO4. The topological polar surface area (TPSA) is 75.6 Å². The molecule has 1 rings (SSSR count). The fourth-order valence-corrected chi connectivity index (χ4v) is 1.40. The average molecular weight is 211 g/mol. The monoisotopic (exact) mass is 211 g/mol. The Morgan fingerprint density at radius 2 is 2.27 bits per heavy atom. The highest BCUT2D eigenvalue weighted by Crippen LogP contribution is 2.13. The van der Waals surface area contributed by atoms with Gasteiger partial charge in [0.2, 0.25) is 5.91 Å². The Kier molecular flexibility index (Phi) is 4.13. The first-order valence-electron chi connectivity index (χ1n) is 4.68. The Bertz CT molecular complexity index is 294. The highest BCUT2D eigenvalue weighted by atomic mass is 16.5. The van der Waals surface area contributed by atoms with E-state index < -0.39 is 17.9 Å². The molecule has 82 valence electrons. The van der Waals surface area contributed by atoms with Gasteiger partial charge in [0.1, 0.15) is 5.92 Å². The van der Waals surface area contributed by atoms with E-state index in [-0.39, 0.29) is 25.5 Å². The molecule has 0 saturated carbocycles. The van der Waals surface area contributed by atoms with Gasteiger partial charge < -0.3 is 15.2 Å². The maximum Gasteiger partial charge on any atom is 0.311 e. The lowest BCUT2D eigenvalue weighted by Crippen LogP contribution is -2.42. The second-order valence-electron chi connectivity index (χ2n) is 3.36. The van der Waals surface area contributed by atoms with Crippen molar-refractivity contribution in [2.24, 2.45) is 5.92 Å². The smallest absolute Gasteiger partial charge is 0.311 e. The van der Waals surface area contributed by atoms with Crippen molar-refractivity contribution in [1.82, 2.24) is 5.32 Å². The Balaban J connectivity index is 2.40. The highest BCUT2D eigenvalue weighted by molar-refractivity contribution is 5.78. The van der Waals surface area contributed by atoms with E-state index in [0.29, 0.717) is 6.42 Å². The number of hydrogen-bond acceptors (Lipinski definition) is 3. The number of nitrogens with one attached hydrogen (secondary N) is 1. The number of ether oxygens (including phenoxy) is 1. The van der Waals surface area contributed by atoms with Crippen LogP contribution in [0.15, 0.2) is 0 Å². The zero-order chi connectivity index (χ0) is 11.3. The molecule has 0 aromatic heterocycles. The van der Waals surface area contributed by atoms with E-state index in [9.17, 15) is 9.59 Å².